The summed E-state index contributed by atoms with van der Waals surface area (Å²) in [5.74, 6) is 0.705. The van der Waals surface area contributed by atoms with Crippen LogP contribution in [0.2, 0.25) is 0 Å². The maximum absolute atomic E-state index is 5.84. The van der Waals surface area contributed by atoms with Gasteiger partial charge in [-0.25, -0.2) is 4.98 Å². The number of oxazole rings is 1. The molecule has 0 radical (unpaired) electrons. The quantitative estimate of drug-likeness (QED) is 0.564. The summed E-state index contributed by atoms with van der Waals surface area (Å²) in [5, 5.41) is 2.39. The van der Waals surface area contributed by atoms with E-state index in [0.717, 1.165) is 24.3 Å². The molecule has 1 aliphatic rings. The van der Waals surface area contributed by atoms with Crippen LogP contribution in [0.5, 0.6) is 0 Å². The summed E-state index contributed by atoms with van der Waals surface area (Å²) in [5.41, 5.74) is 2.05. The summed E-state index contributed by atoms with van der Waals surface area (Å²) in [6, 6.07) is 15.3. The third-order valence-corrected chi connectivity index (χ3v) is 5.14. The van der Waals surface area contributed by atoms with E-state index in [2.05, 4.69) is 53.9 Å². The number of nitrogens with zero attached hydrogens (tertiary/aromatic N) is 2. The summed E-state index contributed by atoms with van der Waals surface area (Å²) in [6.45, 7) is 5.64. The standard InChI is InChI=1S/C22H24N2O/c1-2-14-24(19-10-4-5-11-19)15-18-16-25-22(23-18)21-13-7-9-17-8-3-6-12-20(17)21/h2-3,6-9,12-13,16,19H,1,4-5,10-11,14-15H2. The molecule has 0 atom stereocenters. The first-order valence-electron chi connectivity index (χ1n) is 9.12. The van der Waals surface area contributed by atoms with Crippen LogP contribution in [0.3, 0.4) is 0 Å². The predicted octanol–water partition coefficient (Wildman–Crippen LogP) is 5.43. The van der Waals surface area contributed by atoms with Crippen molar-refractivity contribution in [1.29, 1.82) is 0 Å². The van der Waals surface area contributed by atoms with Crippen molar-refractivity contribution in [1.82, 2.24) is 9.88 Å². The largest absolute Gasteiger partial charge is 0.444 e. The lowest BCUT2D eigenvalue weighted by atomic mass is 10.0. The van der Waals surface area contributed by atoms with Gasteiger partial charge in [0.25, 0.3) is 0 Å². The van der Waals surface area contributed by atoms with Gasteiger partial charge in [-0.15, -0.1) is 6.58 Å². The molecular formula is C22H24N2O. The van der Waals surface area contributed by atoms with E-state index < -0.39 is 0 Å². The smallest absolute Gasteiger partial charge is 0.226 e. The normalized spacial score (nSPS) is 15.2. The number of fused-ring (bicyclic) bond motifs is 1. The Bertz CT molecular complexity index is 856. The van der Waals surface area contributed by atoms with Crippen molar-refractivity contribution in [2.75, 3.05) is 6.54 Å². The van der Waals surface area contributed by atoms with Gasteiger partial charge in [-0.05, 0) is 29.7 Å². The van der Waals surface area contributed by atoms with Crippen molar-refractivity contribution in [2.45, 2.75) is 38.3 Å². The van der Waals surface area contributed by atoms with Crippen LogP contribution < -0.4 is 0 Å². The number of hydrogen-bond acceptors (Lipinski definition) is 3. The molecule has 1 aromatic heterocycles. The molecule has 4 rings (SSSR count). The molecule has 0 N–H and O–H groups in total. The Morgan fingerprint density at radius 3 is 2.76 bits per heavy atom. The van der Waals surface area contributed by atoms with E-state index in [0.29, 0.717) is 11.9 Å². The van der Waals surface area contributed by atoms with Crippen LogP contribution >= 0.6 is 0 Å². The van der Waals surface area contributed by atoms with Gasteiger partial charge in [-0.1, -0.05) is 55.3 Å². The highest BCUT2D eigenvalue weighted by Crippen LogP contribution is 2.29. The average molecular weight is 332 g/mol. The van der Waals surface area contributed by atoms with Crippen LogP contribution in [0.15, 0.2) is 65.8 Å². The summed E-state index contributed by atoms with van der Waals surface area (Å²) in [4.78, 5) is 7.26. The van der Waals surface area contributed by atoms with Gasteiger partial charge in [0.05, 0.1) is 5.69 Å². The van der Waals surface area contributed by atoms with Gasteiger partial charge in [0.15, 0.2) is 0 Å². The molecule has 3 nitrogen and oxygen atoms in total. The minimum Gasteiger partial charge on any atom is -0.444 e. The molecule has 1 aliphatic carbocycles. The van der Waals surface area contributed by atoms with Gasteiger partial charge in [0.2, 0.25) is 5.89 Å². The van der Waals surface area contributed by atoms with Crippen LogP contribution in [0.1, 0.15) is 31.4 Å². The van der Waals surface area contributed by atoms with Crippen molar-refractivity contribution in [2.24, 2.45) is 0 Å². The summed E-state index contributed by atoms with van der Waals surface area (Å²) < 4.78 is 5.84. The zero-order valence-electron chi connectivity index (χ0n) is 14.5. The molecule has 0 aliphatic heterocycles. The third-order valence-electron chi connectivity index (χ3n) is 5.14. The molecule has 2 aromatic carbocycles. The maximum atomic E-state index is 5.84. The average Bonchev–Trinajstić information content (AvgIpc) is 3.33. The van der Waals surface area contributed by atoms with Gasteiger partial charge in [-0.3, -0.25) is 4.90 Å². The van der Waals surface area contributed by atoms with Crippen molar-refractivity contribution < 1.29 is 4.42 Å². The number of rotatable bonds is 6. The monoisotopic (exact) mass is 332 g/mol. The zero-order valence-corrected chi connectivity index (χ0v) is 14.5. The van der Waals surface area contributed by atoms with Crippen LogP contribution in [0.25, 0.3) is 22.2 Å². The minimum atomic E-state index is 0.649. The fourth-order valence-corrected chi connectivity index (χ4v) is 3.90. The lowest BCUT2D eigenvalue weighted by Gasteiger charge is -2.26. The molecule has 0 bridgehead atoms. The molecule has 3 aromatic rings. The van der Waals surface area contributed by atoms with Crippen LogP contribution in [-0.4, -0.2) is 22.5 Å². The predicted molar refractivity (Wildman–Crippen MR) is 102 cm³/mol. The van der Waals surface area contributed by atoms with Crippen molar-refractivity contribution in [3.05, 3.63) is 67.1 Å². The summed E-state index contributed by atoms with van der Waals surface area (Å²) in [7, 11) is 0. The molecule has 1 fully saturated rings. The Kier molecular flexibility index (Phi) is 4.66. The highest BCUT2D eigenvalue weighted by atomic mass is 16.3. The van der Waals surface area contributed by atoms with E-state index in [9.17, 15) is 0 Å². The molecule has 1 saturated carbocycles. The van der Waals surface area contributed by atoms with Gasteiger partial charge in [0.1, 0.15) is 6.26 Å². The Balaban J connectivity index is 1.59. The first kappa shape index (κ1) is 16.1. The van der Waals surface area contributed by atoms with E-state index >= 15 is 0 Å². The molecule has 3 heteroatoms. The zero-order chi connectivity index (χ0) is 17.1. The van der Waals surface area contributed by atoms with Gasteiger partial charge < -0.3 is 4.42 Å². The van der Waals surface area contributed by atoms with Crippen molar-refractivity contribution in [3.63, 3.8) is 0 Å². The topological polar surface area (TPSA) is 29.3 Å². The Morgan fingerprint density at radius 2 is 1.92 bits per heavy atom. The van der Waals surface area contributed by atoms with Gasteiger partial charge in [-0.2, -0.15) is 0 Å². The molecule has 1 heterocycles. The van der Waals surface area contributed by atoms with E-state index in [1.54, 1.807) is 0 Å². The Labute approximate surface area is 149 Å². The Hall–Kier alpha value is -2.39. The third kappa shape index (κ3) is 3.38. The van der Waals surface area contributed by atoms with Crippen LogP contribution in [0, 0.1) is 0 Å². The molecule has 0 saturated heterocycles. The second-order valence-electron chi connectivity index (χ2n) is 6.83. The van der Waals surface area contributed by atoms with Gasteiger partial charge in [0, 0.05) is 24.7 Å². The molecule has 0 amide bonds. The lowest BCUT2D eigenvalue weighted by Crippen LogP contribution is -2.32. The molecule has 0 spiro atoms. The van der Waals surface area contributed by atoms with E-state index in [1.165, 1.54) is 36.5 Å². The lowest BCUT2D eigenvalue weighted by molar-refractivity contribution is 0.209. The highest BCUT2D eigenvalue weighted by Gasteiger charge is 2.23. The fraction of sp³-hybridized carbons (Fsp3) is 0.318. The fourth-order valence-electron chi connectivity index (χ4n) is 3.90. The summed E-state index contributed by atoms with van der Waals surface area (Å²) >= 11 is 0. The minimum absolute atomic E-state index is 0.649. The van der Waals surface area contributed by atoms with Gasteiger partial charge >= 0.3 is 0 Å². The number of hydrogen-bond donors (Lipinski definition) is 0. The van der Waals surface area contributed by atoms with E-state index in [1.807, 2.05) is 12.3 Å². The SMILES string of the molecule is C=CCN(Cc1coc(-c2cccc3ccccc23)n1)C1CCCC1. The van der Waals surface area contributed by atoms with Crippen LogP contribution in [-0.2, 0) is 6.54 Å². The second-order valence-corrected chi connectivity index (χ2v) is 6.83. The van der Waals surface area contributed by atoms with E-state index in [4.69, 9.17) is 9.40 Å². The highest BCUT2D eigenvalue weighted by molar-refractivity contribution is 5.94. The first-order valence-corrected chi connectivity index (χ1v) is 9.12. The van der Waals surface area contributed by atoms with E-state index in [-0.39, 0.29) is 0 Å². The molecule has 25 heavy (non-hydrogen) atoms. The number of aromatic nitrogens is 1. The Morgan fingerprint density at radius 1 is 1.12 bits per heavy atom. The number of benzene rings is 2. The molecular weight excluding hydrogens is 308 g/mol. The maximum Gasteiger partial charge on any atom is 0.226 e. The molecule has 128 valence electrons. The van der Waals surface area contributed by atoms with Crippen molar-refractivity contribution in [3.8, 4) is 11.5 Å². The summed E-state index contributed by atoms with van der Waals surface area (Å²) in [6.07, 6.45) is 9.02. The van der Waals surface area contributed by atoms with Crippen molar-refractivity contribution >= 4 is 10.8 Å². The first-order chi connectivity index (χ1) is 12.3. The molecule has 0 unspecified atom stereocenters. The van der Waals surface area contributed by atoms with Crippen LogP contribution in [0.4, 0.5) is 0 Å². The second kappa shape index (κ2) is 7.24.